The molecule has 32 heavy (non-hydrogen) atoms. The normalized spacial score (nSPS) is 24.5. The van der Waals surface area contributed by atoms with Crippen molar-refractivity contribution in [3.05, 3.63) is 41.0 Å². The van der Waals surface area contributed by atoms with E-state index in [0.717, 1.165) is 0 Å². The van der Waals surface area contributed by atoms with Crippen molar-refractivity contribution in [1.82, 2.24) is 15.1 Å². The van der Waals surface area contributed by atoms with Crippen LogP contribution >= 0.6 is 11.6 Å². The first-order chi connectivity index (χ1) is 15.1. The van der Waals surface area contributed by atoms with E-state index in [1.807, 2.05) is 0 Å². The van der Waals surface area contributed by atoms with Crippen LogP contribution in [-0.2, 0) is 0 Å². The fourth-order valence-electron chi connectivity index (χ4n) is 4.27. The van der Waals surface area contributed by atoms with E-state index in [-0.39, 0.29) is 36.7 Å². The van der Waals surface area contributed by atoms with Crippen LogP contribution in [-0.4, -0.2) is 33.4 Å². The van der Waals surface area contributed by atoms with Gasteiger partial charge in [-0.15, -0.1) is 0 Å². The number of aromatic nitrogens is 2. The average Bonchev–Trinajstić information content (AvgIpc) is 3.41. The van der Waals surface area contributed by atoms with Crippen LogP contribution in [0.5, 0.6) is 0 Å². The van der Waals surface area contributed by atoms with E-state index in [2.05, 4.69) is 21.8 Å². The molecule has 0 radical (unpaired) electrons. The van der Waals surface area contributed by atoms with Crippen LogP contribution in [0.15, 0.2) is 30.5 Å². The van der Waals surface area contributed by atoms with E-state index in [9.17, 15) is 23.2 Å². The number of benzene rings is 1. The van der Waals surface area contributed by atoms with E-state index >= 15 is 0 Å². The van der Waals surface area contributed by atoms with Gasteiger partial charge in [-0.3, -0.25) is 9.48 Å². The van der Waals surface area contributed by atoms with Crippen LogP contribution < -0.4 is 16.4 Å². The highest BCUT2D eigenvalue weighted by atomic mass is 35.5. The highest BCUT2D eigenvalue weighted by Gasteiger charge is 2.64. The van der Waals surface area contributed by atoms with Gasteiger partial charge in [0.05, 0.1) is 18.0 Å². The van der Waals surface area contributed by atoms with Gasteiger partial charge in [0, 0.05) is 22.9 Å². The molecule has 1 aromatic heterocycles. The summed E-state index contributed by atoms with van der Waals surface area (Å²) >= 11 is 5.89. The molecule has 2 aromatic rings. The molecule has 0 bridgehead atoms. The molecule has 11 heteroatoms. The molecule has 0 aliphatic heterocycles. The Kier molecular flexibility index (Phi) is 5.81. The molecule has 4 N–H and O–H groups in total. The van der Waals surface area contributed by atoms with Crippen LogP contribution in [0.1, 0.15) is 48.5 Å². The minimum atomic E-state index is -4.30. The molecule has 2 aliphatic rings. The molecule has 1 amide bonds. The smallest absolute Gasteiger partial charge is 0.365 e. The molecule has 1 aromatic carbocycles. The summed E-state index contributed by atoms with van der Waals surface area (Å²) in [5, 5.41) is 20.5. The Morgan fingerprint density at radius 2 is 1.97 bits per heavy atom. The molecule has 3 atom stereocenters. The van der Waals surface area contributed by atoms with Crippen molar-refractivity contribution in [2.45, 2.75) is 55.9 Å². The Morgan fingerprint density at radius 3 is 2.53 bits per heavy atom. The van der Waals surface area contributed by atoms with Gasteiger partial charge in [-0.2, -0.15) is 23.5 Å². The van der Waals surface area contributed by atoms with Crippen molar-refractivity contribution in [1.29, 1.82) is 5.26 Å². The number of hydrogen-bond donors (Lipinski definition) is 3. The predicted molar refractivity (Wildman–Crippen MR) is 112 cm³/mol. The van der Waals surface area contributed by atoms with Gasteiger partial charge in [0.1, 0.15) is 11.1 Å². The Morgan fingerprint density at radius 1 is 1.28 bits per heavy atom. The summed E-state index contributed by atoms with van der Waals surface area (Å²) in [4.78, 5) is 11.9. The first kappa shape index (κ1) is 22.4. The highest BCUT2D eigenvalue weighted by molar-refractivity contribution is 6.30. The third kappa shape index (κ3) is 4.40. The van der Waals surface area contributed by atoms with E-state index in [4.69, 9.17) is 17.3 Å². The van der Waals surface area contributed by atoms with Gasteiger partial charge < -0.3 is 16.4 Å². The molecule has 1 heterocycles. The maximum absolute atomic E-state index is 13.3. The van der Waals surface area contributed by atoms with E-state index in [1.54, 1.807) is 24.3 Å². The molecule has 2 fully saturated rings. The summed E-state index contributed by atoms with van der Waals surface area (Å²) in [6.07, 6.45) is -1.50. The first-order valence-corrected chi connectivity index (χ1v) is 10.7. The third-order valence-corrected chi connectivity index (χ3v) is 6.45. The topological polar surface area (TPSA) is 109 Å². The number of hydrogen-bond acceptors (Lipinski definition) is 5. The fourth-order valence-corrected chi connectivity index (χ4v) is 4.40. The average molecular weight is 467 g/mol. The molecule has 0 saturated heterocycles. The van der Waals surface area contributed by atoms with Crippen LogP contribution in [0, 0.1) is 17.2 Å². The number of nitrogens with zero attached hydrogens (tertiary/aromatic N) is 3. The molecule has 2 aliphatic carbocycles. The molecule has 2 saturated carbocycles. The lowest BCUT2D eigenvalue weighted by Gasteiger charge is -2.35. The predicted octanol–water partition coefficient (Wildman–Crippen LogP) is 4.30. The number of amides is 1. The third-order valence-electron chi connectivity index (χ3n) is 6.20. The van der Waals surface area contributed by atoms with Crippen molar-refractivity contribution < 1.29 is 18.0 Å². The lowest BCUT2D eigenvalue weighted by molar-refractivity contribution is -0.168. The van der Waals surface area contributed by atoms with Crippen LogP contribution in [0.3, 0.4) is 0 Å². The lowest BCUT2D eigenvalue weighted by atomic mass is 9.82. The number of nitriles is 1. The van der Waals surface area contributed by atoms with Crippen molar-refractivity contribution >= 4 is 29.0 Å². The highest BCUT2D eigenvalue weighted by Crippen LogP contribution is 2.50. The van der Waals surface area contributed by atoms with Crippen LogP contribution in [0.2, 0.25) is 5.02 Å². The summed E-state index contributed by atoms with van der Waals surface area (Å²) in [6, 6.07) is 8.22. The van der Waals surface area contributed by atoms with E-state index in [1.165, 1.54) is 10.9 Å². The zero-order chi connectivity index (χ0) is 23.1. The Hall–Kier alpha value is -2.77. The Labute approximate surface area is 187 Å². The lowest BCUT2D eigenvalue weighted by Crippen LogP contribution is -2.51. The molecular formula is C21H22ClF3N6O. The number of halogens is 4. The number of carbonyl (C=O) groups is 1. The summed E-state index contributed by atoms with van der Waals surface area (Å²) in [6.45, 7) is 0. The zero-order valence-corrected chi connectivity index (χ0v) is 17.7. The molecule has 7 nitrogen and oxygen atoms in total. The number of nitrogens with one attached hydrogen (secondary N) is 2. The maximum atomic E-state index is 13.3. The van der Waals surface area contributed by atoms with Crippen molar-refractivity contribution in [3.63, 3.8) is 0 Å². The van der Waals surface area contributed by atoms with Gasteiger partial charge in [0.15, 0.2) is 5.82 Å². The SMILES string of the molecule is N#C[C@H]1C[C@H](NC2(C(F)(F)F)CC2)CC[C@@H]1n1cc(C(N)=O)c(Nc2ccc(Cl)cc2)n1. The van der Waals surface area contributed by atoms with Crippen molar-refractivity contribution in [2.24, 2.45) is 11.7 Å². The second-order valence-corrected chi connectivity index (χ2v) is 8.84. The molecule has 4 rings (SSSR count). The largest absolute Gasteiger partial charge is 0.406 e. The summed E-state index contributed by atoms with van der Waals surface area (Å²) < 4.78 is 41.4. The van der Waals surface area contributed by atoms with Gasteiger partial charge in [-0.25, -0.2) is 0 Å². The summed E-state index contributed by atoms with van der Waals surface area (Å²) in [5.74, 6) is -1.00. The number of anilines is 2. The minimum Gasteiger partial charge on any atom is -0.365 e. The van der Waals surface area contributed by atoms with Crippen molar-refractivity contribution in [2.75, 3.05) is 5.32 Å². The molecule has 0 unspecified atom stereocenters. The van der Waals surface area contributed by atoms with Gasteiger partial charge >= 0.3 is 6.18 Å². The number of carbonyl (C=O) groups excluding carboxylic acids is 1. The molecule has 170 valence electrons. The molecular weight excluding hydrogens is 445 g/mol. The number of nitrogens with two attached hydrogens (primary N) is 1. The van der Waals surface area contributed by atoms with Crippen molar-refractivity contribution in [3.8, 4) is 6.07 Å². The van der Waals surface area contributed by atoms with E-state index in [0.29, 0.717) is 23.6 Å². The standard InChI is InChI=1S/C21H22ClF3N6O/c22-13-1-3-14(4-2-13)28-19-16(18(27)32)11-31(30-19)17-6-5-15(9-12(17)10-26)29-20(7-8-20)21(23,24)25/h1-4,11-12,15,17,29H,5-9H2,(H2,27,32)(H,28,30)/t12-,15-,17+/m1/s1. The number of alkyl halides is 3. The maximum Gasteiger partial charge on any atom is 0.406 e. The number of rotatable bonds is 6. The first-order valence-electron chi connectivity index (χ1n) is 10.3. The Balaban J connectivity index is 1.51. The van der Waals surface area contributed by atoms with Gasteiger partial charge in [-0.1, -0.05) is 11.6 Å². The summed E-state index contributed by atoms with van der Waals surface area (Å²) in [5.41, 5.74) is 4.50. The van der Waals surface area contributed by atoms with E-state index < -0.39 is 29.6 Å². The quantitative estimate of drug-likeness (QED) is 0.588. The second kappa shape index (κ2) is 8.30. The minimum absolute atomic E-state index is 0.0640. The second-order valence-electron chi connectivity index (χ2n) is 8.40. The van der Waals surface area contributed by atoms with Gasteiger partial charge in [0.2, 0.25) is 0 Å². The summed E-state index contributed by atoms with van der Waals surface area (Å²) in [7, 11) is 0. The van der Waals surface area contributed by atoms with Gasteiger partial charge in [0.25, 0.3) is 5.91 Å². The number of primary amides is 1. The Bertz CT molecular complexity index is 1040. The zero-order valence-electron chi connectivity index (χ0n) is 17.0. The van der Waals surface area contributed by atoms with Crippen LogP contribution in [0.25, 0.3) is 0 Å². The molecule has 0 spiro atoms. The fraction of sp³-hybridized carbons (Fsp3) is 0.476. The van der Waals surface area contributed by atoms with Crippen LogP contribution in [0.4, 0.5) is 24.7 Å². The van der Waals surface area contributed by atoms with Gasteiger partial charge in [-0.05, 0) is 56.4 Å². The monoisotopic (exact) mass is 466 g/mol.